The van der Waals surface area contributed by atoms with E-state index in [0.29, 0.717) is 29.1 Å². The molecule has 0 aliphatic rings. The molecule has 130 valence electrons. The van der Waals surface area contributed by atoms with Gasteiger partial charge in [-0.05, 0) is 50.8 Å². The van der Waals surface area contributed by atoms with Crippen molar-refractivity contribution in [2.45, 2.75) is 40.2 Å². The van der Waals surface area contributed by atoms with Crippen molar-refractivity contribution in [1.82, 2.24) is 5.32 Å². The van der Waals surface area contributed by atoms with Gasteiger partial charge in [-0.1, -0.05) is 37.0 Å². The van der Waals surface area contributed by atoms with Crippen LogP contribution < -0.4 is 10.6 Å². The highest BCUT2D eigenvalue weighted by atomic mass is 35.5. The minimum Gasteiger partial charge on any atom is -0.444 e. The highest BCUT2D eigenvalue weighted by Gasteiger charge is 2.19. The molecule has 0 aromatic heterocycles. The molecule has 6 heteroatoms. The number of benzene rings is 1. The summed E-state index contributed by atoms with van der Waals surface area (Å²) >= 11 is 12.0. The van der Waals surface area contributed by atoms with E-state index in [1.165, 1.54) is 0 Å². The molecule has 1 atom stereocenters. The Morgan fingerprint density at radius 1 is 1.13 bits per heavy atom. The zero-order valence-corrected chi connectivity index (χ0v) is 15.9. The van der Waals surface area contributed by atoms with Crippen molar-refractivity contribution in [2.75, 3.05) is 18.4 Å². The summed E-state index contributed by atoms with van der Waals surface area (Å²) in [5.74, 6) is 0.646. The van der Waals surface area contributed by atoms with Crippen LogP contribution in [0.1, 0.15) is 34.6 Å². The van der Waals surface area contributed by atoms with Crippen molar-refractivity contribution < 1.29 is 9.53 Å². The second-order valence-electron chi connectivity index (χ2n) is 6.93. The van der Waals surface area contributed by atoms with Gasteiger partial charge in [-0.15, -0.1) is 0 Å². The topological polar surface area (TPSA) is 50.4 Å². The number of hydrogen-bond donors (Lipinski definition) is 2. The third-order valence-electron chi connectivity index (χ3n) is 3.28. The lowest BCUT2D eigenvalue weighted by Crippen LogP contribution is -2.38. The van der Waals surface area contributed by atoms with Crippen LogP contribution in [0.2, 0.25) is 10.0 Å². The molecule has 1 aromatic carbocycles. The van der Waals surface area contributed by atoms with E-state index in [1.54, 1.807) is 6.07 Å². The Labute approximate surface area is 148 Å². The van der Waals surface area contributed by atoms with E-state index >= 15 is 0 Å². The van der Waals surface area contributed by atoms with Crippen molar-refractivity contribution in [3.8, 4) is 0 Å². The smallest absolute Gasteiger partial charge is 0.407 e. The summed E-state index contributed by atoms with van der Waals surface area (Å²) in [6, 6.07) is 5.34. The molecule has 0 aliphatic carbocycles. The van der Waals surface area contributed by atoms with Crippen molar-refractivity contribution in [3.05, 3.63) is 28.2 Å². The fourth-order valence-corrected chi connectivity index (χ4v) is 2.50. The maximum Gasteiger partial charge on any atom is 0.407 e. The maximum atomic E-state index is 11.8. The number of halogens is 2. The van der Waals surface area contributed by atoms with Gasteiger partial charge in [-0.3, -0.25) is 0 Å². The van der Waals surface area contributed by atoms with Crippen molar-refractivity contribution in [1.29, 1.82) is 0 Å². The summed E-state index contributed by atoms with van der Waals surface area (Å²) < 4.78 is 5.26. The van der Waals surface area contributed by atoms with E-state index in [9.17, 15) is 4.79 Å². The first-order chi connectivity index (χ1) is 10.6. The first-order valence-corrected chi connectivity index (χ1v) is 8.49. The van der Waals surface area contributed by atoms with Gasteiger partial charge in [0.1, 0.15) is 5.60 Å². The number of hydrogen-bond acceptors (Lipinski definition) is 3. The van der Waals surface area contributed by atoms with Gasteiger partial charge in [-0.2, -0.15) is 0 Å². The highest BCUT2D eigenvalue weighted by Crippen LogP contribution is 2.23. The first kappa shape index (κ1) is 19.9. The molecule has 0 fully saturated rings. The predicted octanol–water partition coefficient (Wildman–Crippen LogP) is 5.20. The van der Waals surface area contributed by atoms with Crippen LogP contribution >= 0.6 is 23.2 Å². The lowest BCUT2D eigenvalue weighted by atomic mass is 9.95. The molecule has 1 aromatic rings. The average Bonchev–Trinajstić information content (AvgIpc) is 2.34. The monoisotopic (exact) mass is 360 g/mol. The standard InChI is InChI=1S/C17H26Cl2N2O2/c1-11(2)12(10-21-16(22)23-17(3,4)5)9-20-15-7-13(18)6-14(19)8-15/h6-8,11-12,20H,9-10H2,1-5H3,(H,21,22). The molecule has 0 saturated carbocycles. The van der Waals surface area contributed by atoms with Crippen LogP contribution in [0.4, 0.5) is 10.5 Å². The van der Waals surface area contributed by atoms with E-state index in [4.69, 9.17) is 27.9 Å². The van der Waals surface area contributed by atoms with Gasteiger partial charge in [0.2, 0.25) is 0 Å². The number of amides is 1. The van der Waals surface area contributed by atoms with Crippen LogP contribution in [-0.4, -0.2) is 24.8 Å². The molecule has 23 heavy (non-hydrogen) atoms. The summed E-state index contributed by atoms with van der Waals surface area (Å²) in [5.41, 5.74) is 0.373. The zero-order valence-electron chi connectivity index (χ0n) is 14.4. The molecule has 1 unspecified atom stereocenters. The zero-order chi connectivity index (χ0) is 17.6. The minimum absolute atomic E-state index is 0.250. The van der Waals surface area contributed by atoms with Crippen LogP contribution in [0.15, 0.2) is 18.2 Å². The van der Waals surface area contributed by atoms with E-state index in [2.05, 4.69) is 24.5 Å². The molecular formula is C17H26Cl2N2O2. The summed E-state index contributed by atoms with van der Waals surface area (Å²) in [6.45, 7) is 11.0. The fraction of sp³-hybridized carbons (Fsp3) is 0.588. The van der Waals surface area contributed by atoms with Gasteiger partial charge in [-0.25, -0.2) is 4.79 Å². The largest absolute Gasteiger partial charge is 0.444 e. The molecule has 0 radical (unpaired) electrons. The molecule has 0 aliphatic heterocycles. The molecule has 1 amide bonds. The number of carbonyl (C=O) groups is 1. The van der Waals surface area contributed by atoms with Crippen molar-refractivity contribution in [3.63, 3.8) is 0 Å². The van der Waals surface area contributed by atoms with E-state index < -0.39 is 11.7 Å². The Morgan fingerprint density at radius 2 is 1.70 bits per heavy atom. The first-order valence-electron chi connectivity index (χ1n) is 7.73. The van der Waals surface area contributed by atoms with Crippen LogP contribution in [0.25, 0.3) is 0 Å². The van der Waals surface area contributed by atoms with E-state index in [0.717, 1.165) is 5.69 Å². The van der Waals surface area contributed by atoms with Crippen LogP contribution in [0, 0.1) is 11.8 Å². The molecule has 0 bridgehead atoms. The summed E-state index contributed by atoms with van der Waals surface area (Å²) in [4.78, 5) is 11.8. The quantitative estimate of drug-likeness (QED) is 0.732. The predicted molar refractivity (Wildman–Crippen MR) is 97.5 cm³/mol. The maximum absolute atomic E-state index is 11.8. The molecule has 0 spiro atoms. The number of nitrogens with one attached hydrogen (secondary N) is 2. The third kappa shape index (κ3) is 8.33. The van der Waals surface area contributed by atoms with Gasteiger partial charge < -0.3 is 15.4 Å². The number of rotatable bonds is 6. The number of carbonyl (C=O) groups excluding carboxylic acids is 1. The lowest BCUT2D eigenvalue weighted by Gasteiger charge is -2.24. The number of alkyl carbamates (subject to hydrolysis) is 1. The van der Waals surface area contributed by atoms with Gasteiger partial charge in [0.15, 0.2) is 0 Å². The molecule has 2 N–H and O–H groups in total. The Morgan fingerprint density at radius 3 is 2.17 bits per heavy atom. The Kier molecular flexibility index (Phi) is 7.49. The molecule has 4 nitrogen and oxygen atoms in total. The highest BCUT2D eigenvalue weighted by molar-refractivity contribution is 6.35. The van der Waals surface area contributed by atoms with E-state index in [-0.39, 0.29) is 5.92 Å². The van der Waals surface area contributed by atoms with Gasteiger partial charge in [0.25, 0.3) is 0 Å². The lowest BCUT2D eigenvalue weighted by molar-refractivity contribution is 0.0516. The van der Waals surface area contributed by atoms with Crippen molar-refractivity contribution in [2.24, 2.45) is 11.8 Å². The summed E-state index contributed by atoms with van der Waals surface area (Å²) in [7, 11) is 0. The summed E-state index contributed by atoms with van der Waals surface area (Å²) in [6.07, 6.45) is -0.394. The number of ether oxygens (including phenoxy) is 1. The minimum atomic E-state index is -0.493. The van der Waals surface area contributed by atoms with Gasteiger partial charge >= 0.3 is 6.09 Å². The Hall–Kier alpha value is -1.13. The van der Waals surface area contributed by atoms with Crippen molar-refractivity contribution >= 4 is 35.0 Å². The SMILES string of the molecule is CC(C)C(CNC(=O)OC(C)(C)C)CNc1cc(Cl)cc(Cl)c1. The number of anilines is 1. The molecular weight excluding hydrogens is 335 g/mol. The Balaban J connectivity index is 2.54. The summed E-state index contributed by atoms with van der Waals surface area (Å²) in [5, 5.41) is 7.33. The molecule has 1 rings (SSSR count). The normalized spacial score (nSPS) is 12.9. The van der Waals surface area contributed by atoms with E-state index in [1.807, 2.05) is 32.9 Å². The second-order valence-corrected chi connectivity index (χ2v) is 7.80. The second kappa shape index (κ2) is 8.65. The molecule has 0 heterocycles. The van der Waals surface area contributed by atoms with Crippen LogP contribution in [0.5, 0.6) is 0 Å². The third-order valence-corrected chi connectivity index (χ3v) is 3.72. The Bertz CT molecular complexity index is 508. The van der Waals surface area contributed by atoms with Gasteiger partial charge in [0, 0.05) is 28.8 Å². The van der Waals surface area contributed by atoms with Crippen LogP contribution in [0.3, 0.4) is 0 Å². The van der Waals surface area contributed by atoms with Crippen LogP contribution in [-0.2, 0) is 4.74 Å². The van der Waals surface area contributed by atoms with Gasteiger partial charge in [0.05, 0.1) is 0 Å². The fourth-order valence-electron chi connectivity index (χ4n) is 1.98. The molecule has 0 saturated heterocycles. The average molecular weight is 361 g/mol.